The first-order valence-corrected chi connectivity index (χ1v) is 14.5. The number of aromatic nitrogens is 2. The van der Waals surface area contributed by atoms with Crippen LogP contribution in [0.1, 0.15) is 40.0 Å². The second-order valence-corrected chi connectivity index (χ2v) is 12.9. The van der Waals surface area contributed by atoms with Gasteiger partial charge in [-0.15, -0.1) is 0 Å². The predicted octanol–water partition coefficient (Wildman–Crippen LogP) is 5.20. The highest BCUT2D eigenvalue weighted by molar-refractivity contribution is 5.94. The number of phenolic OH excluding ortho intramolecular Hbond substituents is 1. The van der Waals surface area contributed by atoms with E-state index in [-0.39, 0.29) is 40.4 Å². The minimum atomic E-state index is -0.732. The van der Waals surface area contributed by atoms with E-state index in [1.807, 2.05) is 20.8 Å². The van der Waals surface area contributed by atoms with E-state index in [1.165, 1.54) is 30.3 Å². The number of hydrogen-bond donors (Lipinski definition) is 1. The number of amides is 1. The maximum absolute atomic E-state index is 15.6. The van der Waals surface area contributed by atoms with Gasteiger partial charge >= 0.3 is 12.1 Å². The zero-order valence-corrected chi connectivity index (χ0v) is 24.5. The van der Waals surface area contributed by atoms with Crippen molar-refractivity contribution >= 4 is 22.8 Å². The summed E-state index contributed by atoms with van der Waals surface area (Å²) in [4.78, 5) is 28.0. The molecule has 9 nitrogen and oxygen atoms in total. The molecule has 6 rings (SSSR count). The van der Waals surface area contributed by atoms with Crippen molar-refractivity contribution in [3.8, 4) is 22.9 Å². The lowest BCUT2D eigenvalue weighted by Crippen LogP contribution is -2.60. The lowest BCUT2D eigenvalue weighted by atomic mass is 9.79. The molecule has 1 spiro atoms. The van der Waals surface area contributed by atoms with E-state index in [2.05, 4.69) is 21.8 Å². The van der Waals surface area contributed by atoms with Crippen LogP contribution in [0.25, 0.3) is 22.0 Å². The Labute approximate surface area is 244 Å². The molecule has 0 bridgehead atoms. The van der Waals surface area contributed by atoms with Crippen molar-refractivity contribution in [1.29, 1.82) is 0 Å². The smallest absolute Gasteiger partial charge is 0.410 e. The number of halogens is 2. The number of likely N-dealkylation sites (tertiary alicyclic amines) is 2. The number of phenols is 1. The molecule has 0 radical (unpaired) electrons. The molecular weight excluding hydrogens is 544 g/mol. The number of carbonyl (C=O) groups is 1. The summed E-state index contributed by atoms with van der Waals surface area (Å²) in [7, 11) is 2.06. The topological polar surface area (TPSA) is 91.3 Å². The van der Waals surface area contributed by atoms with Gasteiger partial charge in [0.1, 0.15) is 35.4 Å². The van der Waals surface area contributed by atoms with Crippen LogP contribution < -0.4 is 9.64 Å². The number of aromatic hydroxyl groups is 1. The van der Waals surface area contributed by atoms with E-state index in [4.69, 9.17) is 14.5 Å². The van der Waals surface area contributed by atoms with Gasteiger partial charge in [-0.05, 0) is 77.9 Å². The van der Waals surface area contributed by atoms with Crippen LogP contribution in [0.2, 0.25) is 0 Å². The van der Waals surface area contributed by atoms with Gasteiger partial charge in [0.05, 0.1) is 11.1 Å². The second-order valence-electron chi connectivity index (χ2n) is 12.9. The fraction of sp³-hybridized carbons (Fsp3) is 0.516. The number of likely N-dealkylation sites (N-methyl/N-ethyl adjacent to an activating group) is 1. The Morgan fingerprint density at radius 2 is 1.90 bits per heavy atom. The summed E-state index contributed by atoms with van der Waals surface area (Å²) >= 11 is 0. The first-order chi connectivity index (χ1) is 19.9. The van der Waals surface area contributed by atoms with E-state index in [0.29, 0.717) is 49.5 Å². The maximum Gasteiger partial charge on any atom is 0.410 e. The van der Waals surface area contributed by atoms with E-state index >= 15 is 4.39 Å². The highest BCUT2D eigenvalue weighted by Gasteiger charge is 2.50. The number of nitrogens with zero attached hydrogens (tertiary/aromatic N) is 5. The zero-order valence-electron chi connectivity index (χ0n) is 24.5. The molecule has 11 heteroatoms. The average molecular weight is 582 g/mol. The maximum atomic E-state index is 15.6. The average Bonchev–Trinajstić information content (AvgIpc) is 3.52. The molecule has 0 unspecified atom stereocenters. The monoisotopic (exact) mass is 581 g/mol. The van der Waals surface area contributed by atoms with Gasteiger partial charge in [-0.3, -0.25) is 0 Å². The lowest BCUT2D eigenvalue weighted by Gasteiger charge is -2.47. The molecule has 1 N–H and O–H groups in total. The number of rotatable bonds is 5. The molecule has 42 heavy (non-hydrogen) atoms. The largest absolute Gasteiger partial charge is 0.507 e. The van der Waals surface area contributed by atoms with Crippen LogP contribution in [0.3, 0.4) is 0 Å². The van der Waals surface area contributed by atoms with Crippen LogP contribution in [0.15, 0.2) is 30.3 Å². The summed E-state index contributed by atoms with van der Waals surface area (Å²) in [6.07, 6.45) is 2.63. The number of carbonyl (C=O) groups excluding carboxylic acids is 1. The quantitative estimate of drug-likeness (QED) is 0.440. The van der Waals surface area contributed by atoms with Gasteiger partial charge in [0, 0.05) is 48.6 Å². The fourth-order valence-corrected chi connectivity index (χ4v) is 6.34. The highest BCUT2D eigenvalue weighted by Crippen LogP contribution is 2.44. The Kier molecular flexibility index (Phi) is 7.11. The van der Waals surface area contributed by atoms with Gasteiger partial charge in [-0.25, -0.2) is 13.6 Å². The minimum absolute atomic E-state index is 0.0888. The van der Waals surface area contributed by atoms with Crippen molar-refractivity contribution in [2.24, 2.45) is 5.41 Å². The van der Waals surface area contributed by atoms with E-state index in [0.717, 1.165) is 25.8 Å². The molecule has 1 amide bonds. The van der Waals surface area contributed by atoms with E-state index in [9.17, 15) is 14.3 Å². The van der Waals surface area contributed by atoms with Crippen molar-refractivity contribution in [1.82, 2.24) is 19.8 Å². The Morgan fingerprint density at radius 1 is 1.12 bits per heavy atom. The summed E-state index contributed by atoms with van der Waals surface area (Å²) in [5.41, 5.74) is -0.594. The van der Waals surface area contributed by atoms with Crippen LogP contribution in [-0.2, 0) is 4.74 Å². The number of hydrogen-bond acceptors (Lipinski definition) is 8. The molecule has 3 fully saturated rings. The summed E-state index contributed by atoms with van der Waals surface area (Å²) < 4.78 is 41.9. The molecule has 4 heterocycles. The molecule has 3 aromatic rings. The summed E-state index contributed by atoms with van der Waals surface area (Å²) in [5.74, 6) is -1.25. The Balaban J connectivity index is 1.32. The number of benzene rings is 2. The van der Waals surface area contributed by atoms with Crippen LogP contribution in [0.5, 0.6) is 11.8 Å². The normalized spacial score (nSPS) is 20.4. The van der Waals surface area contributed by atoms with Gasteiger partial charge in [0.2, 0.25) is 0 Å². The first kappa shape index (κ1) is 28.4. The van der Waals surface area contributed by atoms with Crippen LogP contribution in [0.4, 0.5) is 19.4 Å². The zero-order chi connectivity index (χ0) is 29.8. The summed E-state index contributed by atoms with van der Waals surface area (Å²) in [6.45, 7) is 9.40. The van der Waals surface area contributed by atoms with E-state index in [1.54, 1.807) is 4.90 Å². The molecule has 0 saturated carbocycles. The Bertz CT molecular complexity index is 1500. The molecule has 2 aromatic carbocycles. The molecule has 3 aliphatic rings. The van der Waals surface area contributed by atoms with Crippen molar-refractivity contribution < 1.29 is 28.2 Å². The van der Waals surface area contributed by atoms with Crippen molar-refractivity contribution in [2.45, 2.75) is 51.7 Å². The van der Waals surface area contributed by atoms with Crippen LogP contribution in [-0.4, -0.2) is 89.0 Å². The van der Waals surface area contributed by atoms with Gasteiger partial charge in [-0.1, -0.05) is 6.07 Å². The third-order valence-electron chi connectivity index (χ3n) is 8.52. The molecule has 224 valence electrons. The Morgan fingerprint density at radius 3 is 2.60 bits per heavy atom. The second kappa shape index (κ2) is 10.5. The highest BCUT2D eigenvalue weighted by atomic mass is 19.1. The SMILES string of the molecule is CN1CCC[C@H]1COc1nc(N2CCC3(CN(C(=O)OC(C)(C)C)C3)C2)c2cc(F)c(-c3c(O)cccc3F)cc2n1. The molecule has 3 aliphatic heterocycles. The molecule has 0 aliphatic carbocycles. The van der Waals surface area contributed by atoms with Gasteiger partial charge < -0.3 is 29.3 Å². The number of ether oxygens (including phenoxy) is 2. The third kappa shape index (κ3) is 5.42. The molecule has 3 saturated heterocycles. The van der Waals surface area contributed by atoms with Crippen LogP contribution >= 0.6 is 0 Å². The van der Waals surface area contributed by atoms with Gasteiger partial charge in [-0.2, -0.15) is 9.97 Å². The lowest BCUT2D eigenvalue weighted by molar-refractivity contribution is -0.0266. The predicted molar refractivity (Wildman–Crippen MR) is 155 cm³/mol. The number of fused-ring (bicyclic) bond motifs is 1. The number of anilines is 1. The van der Waals surface area contributed by atoms with Gasteiger partial charge in [0.25, 0.3) is 0 Å². The minimum Gasteiger partial charge on any atom is -0.507 e. The van der Waals surface area contributed by atoms with Crippen molar-refractivity contribution in [3.63, 3.8) is 0 Å². The molecular formula is C31H37F2N5O4. The molecule has 1 aromatic heterocycles. The van der Waals surface area contributed by atoms with Crippen LogP contribution in [0, 0.1) is 17.0 Å². The van der Waals surface area contributed by atoms with Crippen molar-refractivity contribution in [3.05, 3.63) is 42.0 Å². The fourth-order valence-electron chi connectivity index (χ4n) is 6.34. The summed E-state index contributed by atoms with van der Waals surface area (Å²) in [6, 6.07) is 7.03. The van der Waals surface area contributed by atoms with E-state index < -0.39 is 17.2 Å². The summed E-state index contributed by atoms with van der Waals surface area (Å²) in [5, 5.41) is 10.8. The Hall–Kier alpha value is -3.73. The van der Waals surface area contributed by atoms with Gasteiger partial charge in [0.15, 0.2) is 0 Å². The standard InChI is InChI=1S/C31H37F2N5O4/c1-30(2,3)42-29(40)38-17-31(18-38)10-12-37(16-31)27-21-13-23(33)20(26-22(32)8-5-9-25(26)39)14-24(21)34-28(35-27)41-15-19-7-6-11-36(19)4/h5,8-9,13-14,19,39H,6-7,10-12,15-18H2,1-4H3/t19-/m0/s1. The molecule has 1 atom stereocenters. The third-order valence-corrected chi connectivity index (χ3v) is 8.52. The first-order valence-electron chi connectivity index (χ1n) is 14.5. The van der Waals surface area contributed by atoms with Crippen molar-refractivity contribution in [2.75, 3.05) is 51.3 Å².